The average Bonchev–Trinajstić information content (AvgIpc) is 2.12. The van der Waals surface area contributed by atoms with E-state index in [1.807, 2.05) is 27.9 Å². The van der Waals surface area contributed by atoms with Crippen LogP contribution in [0.3, 0.4) is 0 Å². The van der Waals surface area contributed by atoms with E-state index in [-0.39, 0.29) is 5.56 Å². The number of rotatable bonds is 3. The van der Waals surface area contributed by atoms with E-state index in [9.17, 15) is 18.0 Å². The summed E-state index contributed by atoms with van der Waals surface area (Å²) < 4.78 is 36.9. The summed E-state index contributed by atoms with van der Waals surface area (Å²) in [6.07, 6.45) is -2.61. The minimum atomic E-state index is -2.61. The van der Waals surface area contributed by atoms with Crippen LogP contribution in [-0.4, -0.2) is 18.9 Å². The fraction of sp³-hybridized carbons (Fsp3) is 0.222. The molecule has 1 aromatic carbocycles. The lowest BCUT2D eigenvalue weighted by Gasteiger charge is -2.04. The van der Waals surface area contributed by atoms with Crippen molar-refractivity contribution in [1.29, 1.82) is 0 Å². The van der Waals surface area contributed by atoms with Gasteiger partial charge in [-0.2, -0.15) is 0 Å². The molecule has 1 amide bonds. The van der Waals surface area contributed by atoms with E-state index >= 15 is 0 Å². The molecule has 6 heteroatoms. The summed E-state index contributed by atoms with van der Waals surface area (Å²) in [6.45, 7) is -0.730. The predicted molar refractivity (Wildman–Crippen MR) is 57.5 cm³/mol. The largest absolute Gasteiger partial charge is 0.346 e. The van der Waals surface area contributed by atoms with Crippen molar-refractivity contribution in [3.8, 4) is 0 Å². The van der Waals surface area contributed by atoms with Gasteiger partial charge in [0.15, 0.2) is 0 Å². The van der Waals surface area contributed by atoms with Crippen LogP contribution in [0, 0.1) is 9.39 Å². The summed E-state index contributed by atoms with van der Waals surface area (Å²) in [5.41, 5.74) is 0.0417. The van der Waals surface area contributed by atoms with Crippen LogP contribution in [0.5, 0.6) is 0 Å². The van der Waals surface area contributed by atoms with Crippen molar-refractivity contribution in [3.05, 3.63) is 33.1 Å². The van der Waals surface area contributed by atoms with Gasteiger partial charge in [0.25, 0.3) is 12.3 Å². The average molecular weight is 329 g/mol. The quantitative estimate of drug-likeness (QED) is 0.848. The van der Waals surface area contributed by atoms with Gasteiger partial charge in [0.05, 0.1) is 6.54 Å². The maximum absolute atomic E-state index is 12.9. The van der Waals surface area contributed by atoms with Crippen molar-refractivity contribution < 1.29 is 18.0 Å². The van der Waals surface area contributed by atoms with E-state index in [0.717, 1.165) is 6.07 Å². The zero-order chi connectivity index (χ0) is 11.4. The molecular weight excluding hydrogens is 322 g/mol. The standard InChI is InChI=1S/C9H7F3INO/c10-6-1-5(2-7(13)3-6)9(15)14-4-8(11)12/h1-3,8H,4H2,(H,14,15). The monoisotopic (exact) mass is 329 g/mol. The van der Waals surface area contributed by atoms with Gasteiger partial charge in [0.1, 0.15) is 5.82 Å². The van der Waals surface area contributed by atoms with Crippen LogP contribution in [-0.2, 0) is 0 Å². The molecular formula is C9H7F3INO. The second kappa shape index (κ2) is 5.34. The molecule has 0 heterocycles. The third-order valence-electron chi connectivity index (χ3n) is 1.54. The highest BCUT2D eigenvalue weighted by Crippen LogP contribution is 2.11. The van der Waals surface area contributed by atoms with Gasteiger partial charge in [-0.25, -0.2) is 13.2 Å². The molecule has 0 aliphatic carbocycles. The summed E-state index contributed by atoms with van der Waals surface area (Å²) in [7, 11) is 0. The summed E-state index contributed by atoms with van der Waals surface area (Å²) in [4.78, 5) is 11.2. The smallest absolute Gasteiger partial charge is 0.255 e. The van der Waals surface area contributed by atoms with Gasteiger partial charge >= 0.3 is 0 Å². The Kier molecular flexibility index (Phi) is 4.37. The molecule has 0 radical (unpaired) electrons. The minimum absolute atomic E-state index is 0.0417. The third-order valence-corrected chi connectivity index (χ3v) is 2.16. The topological polar surface area (TPSA) is 29.1 Å². The lowest BCUT2D eigenvalue weighted by atomic mass is 10.2. The van der Waals surface area contributed by atoms with Crippen molar-refractivity contribution in [1.82, 2.24) is 5.32 Å². The van der Waals surface area contributed by atoms with Crippen LogP contribution >= 0.6 is 22.6 Å². The molecule has 82 valence electrons. The Hall–Kier alpha value is -0.790. The van der Waals surface area contributed by atoms with Crippen molar-refractivity contribution in [2.75, 3.05) is 6.54 Å². The Morgan fingerprint density at radius 1 is 1.40 bits per heavy atom. The van der Waals surface area contributed by atoms with Crippen LogP contribution in [0.2, 0.25) is 0 Å². The van der Waals surface area contributed by atoms with E-state index in [2.05, 4.69) is 0 Å². The van der Waals surface area contributed by atoms with Gasteiger partial charge in [0, 0.05) is 9.13 Å². The van der Waals surface area contributed by atoms with Crippen LogP contribution in [0.4, 0.5) is 13.2 Å². The molecule has 0 unspecified atom stereocenters. The molecule has 1 aromatic rings. The van der Waals surface area contributed by atoms with Gasteiger partial charge in [-0.15, -0.1) is 0 Å². The van der Waals surface area contributed by atoms with E-state index in [1.54, 1.807) is 0 Å². The fourth-order valence-electron chi connectivity index (χ4n) is 0.957. The second-order valence-corrected chi connectivity index (χ2v) is 4.00. The molecule has 2 nitrogen and oxygen atoms in total. The maximum atomic E-state index is 12.9. The van der Waals surface area contributed by atoms with E-state index < -0.39 is 24.7 Å². The first kappa shape index (κ1) is 12.3. The third kappa shape index (κ3) is 4.06. The molecule has 1 N–H and O–H groups in total. The van der Waals surface area contributed by atoms with Crippen molar-refractivity contribution >= 4 is 28.5 Å². The van der Waals surface area contributed by atoms with Crippen molar-refractivity contribution in [2.24, 2.45) is 0 Å². The first-order chi connectivity index (χ1) is 6.99. The summed E-state index contributed by atoms with van der Waals surface area (Å²) in [5, 5.41) is 1.99. The first-order valence-corrected chi connectivity index (χ1v) is 5.09. The lowest BCUT2D eigenvalue weighted by molar-refractivity contribution is 0.0891. The van der Waals surface area contributed by atoms with Gasteiger partial charge in [-0.05, 0) is 40.8 Å². The fourth-order valence-corrected chi connectivity index (χ4v) is 1.59. The Bertz CT molecular complexity index is 350. The molecule has 0 spiro atoms. The number of benzene rings is 1. The van der Waals surface area contributed by atoms with Gasteiger partial charge in [0.2, 0.25) is 0 Å². The van der Waals surface area contributed by atoms with Crippen LogP contribution in [0.15, 0.2) is 18.2 Å². The van der Waals surface area contributed by atoms with Crippen LogP contribution in [0.25, 0.3) is 0 Å². The van der Waals surface area contributed by atoms with E-state index in [0.29, 0.717) is 3.57 Å². The second-order valence-electron chi connectivity index (χ2n) is 2.76. The summed E-state index contributed by atoms with van der Waals surface area (Å²) in [6, 6.07) is 3.66. The number of amides is 1. The van der Waals surface area contributed by atoms with E-state index in [1.165, 1.54) is 12.1 Å². The Morgan fingerprint density at radius 2 is 2.07 bits per heavy atom. The number of hydrogen-bond donors (Lipinski definition) is 1. The van der Waals surface area contributed by atoms with Gasteiger partial charge in [-0.1, -0.05) is 0 Å². The maximum Gasteiger partial charge on any atom is 0.255 e. The number of nitrogens with one attached hydrogen (secondary N) is 1. The number of carbonyl (C=O) groups excluding carboxylic acids is 1. The SMILES string of the molecule is O=C(NCC(F)F)c1cc(F)cc(I)c1. The molecule has 0 bridgehead atoms. The number of carbonyl (C=O) groups is 1. The summed E-state index contributed by atoms with van der Waals surface area (Å²) in [5.74, 6) is -1.27. The molecule has 1 rings (SSSR count). The Balaban J connectivity index is 2.73. The molecule has 15 heavy (non-hydrogen) atoms. The Morgan fingerprint density at radius 3 is 2.60 bits per heavy atom. The highest BCUT2D eigenvalue weighted by atomic mass is 127. The van der Waals surface area contributed by atoms with Crippen LogP contribution < -0.4 is 5.32 Å². The minimum Gasteiger partial charge on any atom is -0.346 e. The van der Waals surface area contributed by atoms with Crippen molar-refractivity contribution in [3.63, 3.8) is 0 Å². The zero-order valence-corrected chi connectivity index (χ0v) is 9.59. The summed E-state index contributed by atoms with van der Waals surface area (Å²) >= 11 is 1.84. The Labute approximate surface area is 98.0 Å². The molecule has 0 fully saturated rings. The highest BCUT2D eigenvalue weighted by Gasteiger charge is 2.10. The van der Waals surface area contributed by atoms with Crippen molar-refractivity contribution in [2.45, 2.75) is 6.43 Å². The first-order valence-electron chi connectivity index (χ1n) is 4.01. The number of hydrogen-bond acceptors (Lipinski definition) is 1. The molecule has 0 saturated carbocycles. The highest BCUT2D eigenvalue weighted by molar-refractivity contribution is 14.1. The molecule has 0 aromatic heterocycles. The normalized spacial score (nSPS) is 10.5. The zero-order valence-electron chi connectivity index (χ0n) is 7.44. The van der Waals surface area contributed by atoms with E-state index in [4.69, 9.17) is 0 Å². The molecule has 0 saturated heterocycles. The van der Waals surface area contributed by atoms with Gasteiger partial charge in [-0.3, -0.25) is 4.79 Å². The molecule has 0 atom stereocenters. The lowest BCUT2D eigenvalue weighted by Crippen LogP contribution is -2.28. The number of halogens is 4. The molecule has 0 aliphatic heterocycles. The van der Waals surface area contributed by atoms with Crippen LogP contribution in [0.1, 0.15) is 10.4 Å². The van der Waals surface area contributed by atoms with Gasteiger partial charge < -0.3 is 5.32 Å². The predicted octanol–water partition coefficient (Wildman–Crippen LogP) is 2.43. The number of alkyl halides is 2. The molecule has 0 aliphatic rings.